The minimum absolute atomic E-state index is 0.211. The molecule has 0 saturated heterocycles. The number of carbonyl (C=O) groups excluding carboxylic acids is 2. The van der Waals surface area contributed by atoms with E-state index in [1.807, 2.05) is 18.2 Å². The molecule has 100 valence electrons. The Labute approximate surface area is 106 Å². The SMILES string of the molecule is CC(=O)O.CCOC(C)=O.O=Cc1ccccc1. The number of hydrogen-bond acceptors (Lipinski definition) is 4. The molecule has 0 spiro atoms. The van der Waals surface area contributed by atoms with Gasteiger partial charge in [0, 0.05) is 19.4 Å². The molecule has 0 fully saturated rings. The van der Waals surface area contributed by atoms with Gasteiger partial charge in [-0.15, -0.1) is 0 Å². The average Bonchev–Trinajstić information content (AvgIpc) is 2.30. The van der Waals surface area contributed by atoms with Gasteiger partial charge in [-0.25, -0.2) is 0 Å². The quantitative estimate of drug-likeness (QED) is 0.646. The maximum Gasteiger partial charge on any atom is 0.302 e. The van der Waals surface area contributed by atoms with Crippen LogP contribution in [0.3, 0.4) is 0 Å². The molecule has 0 aliphatic rings. The lowest BCUT2D eigenvalue weighted by molar-refractivity contribution is -0.140. The molecule has 1 aromatic carbocycles. The van der Waals surface area contributed by atoms with Crippen molar-refractivity contribution in [2.75, 3.05) is 6.61 Å². The van der Waals surface area contributed by atoms with E-state index >= 15 is 0 Å². The highest BCUT2D eigenvalue weighted by Crippen LogP contribution is 1.91. The van der Waals surface area contributed by atoms with Gasteiger partial charge in [-0.05, 0) is 6.92 Å². The van der Waals surface area contributed by atoms with Crippen molar-refractivity contribution >= 4 is 18.2 Å². The zero-order valence-electron chi connectivity index (χ0n) is 10.8. The van der Waals surface area contributed by atoms with Crippen LogP contribution in [0.2, 0.25) is 0 Å². The minimum Gasteiger partial charge on any atom is -0.481 e. The first-order chi connectivity index (χ1) is 8.43. The van der Waals surface area contributed by atoms with Gasteiger partial charge in [-0.3, -0.25) is 14.4 Å². The number of aldehydes is 1. The first-order valence-electron chi connectivity index (χ1n) is 5.27. The molecule has 0 saturated carbocycles. The van der Waals surface area contributed by atoms with Gasteiger partial charge in [0.2, 0.25) is 0 Å². The van der Waals surface area contributed by atoms with E-state index in [4.69, 9.17) is 9.90 Å². The highest BCUT2D eigenvalue weighted by molar-refractivity contribution is 5.74. The van der Waals surface area contributed by atoms with Gasteiger partial charge in [0.1, 0.15) is 6.29 Å². The summed E-state index contributed by atoms with van der Waals surface area (Å²) in [5.41, 5.74) is 0.729. The van der Waals surface area contributed by atoms with E-state index in [0.717, 1.165) is 18.8 Å². The Hall–Kier alpha value is -2.17. The molecule has 5 nitrogen and oxygen atoms in total. The highest BCUT2D eigenvalue weighted by Gasteiger charge is 1.81. The second-order valence-corrected chi connectivity index (χ2v) is 2.97. The smallest absolute Gasteiger partial charge is 0.302 e. The lowest BCUT2D eigenvalue weighted by Gasteiger charge is -1.89. The van der Waals surface area contributed by atoms with E-state index in [2.05, 4.69) is 4.74 Å². The molecule has 0 aromatic heterocycles. The van der Waals surface area contributed by atoms with Crippen LogP contribution in [0, 0.1) is 0 Å². The fourth-order valence-corrected chi connectivity index (χ4v) is 0.735. The second-order valence-electron chi connectivity index (χ2n) is 2.97. The molecule has 1 N–H and O–H groups in total. The van der Waals surface area contributed by atoms with Crippen LogP contribution in [0.1, 0.15) is 31.1 Å². The first kappa shape index (κ1) is 18.2. The number of hydrogen-bond donors (Lipinski definition) is 1. The fourth-order valence-electron chi connectivity index (χ4n) is 0.735. The van der Waals surface area contributed by atoms with Crippen LogP contribution in [0.15, 0.2) is 30.3 Å². The molecule has 1 aromatic rings. The van der Waals surface area contributed by atoms with Gasteiger partial charge in [-0.2, -0.15) is 0 Å². The Morgan fingerprint density at radius 2 is 1.67 bits per heavy atom. The molecule has 0 aliphatic heterocycles. The molecular formula is C13H18O5. The largest absolute Gasteiger partial charge is 0.481 e. The molecule has 5 heteroatoms. The number of carboxylic acid groups (broad SMARTS) is 1. The zero-order valence-corrected chi connectivity index (χ0v) is 10.8. The number of aliphatic carboxylic acids is 1. The van der Waals surface area contributed by atoms with E-state index in [1.54, 1.807) is 19.1 Å². The Balaban J connectivity index is 0. The van der Waals surface area contributed by atoms with Gasteiger partial charge in [-0.1, -0.05) is 30.3 Å². The van der Waals surface area contributed by atoms with Crippen molar-refractivity contribution in [3.05, 3.63) is 35.9 Å². The van der Waals surface area contributed by atoms with Crippen LogP contribution in [-0.4, -0.2) is 29.9 Å². The summed E-state index contributed by atoms with van der Waals surface area (Å²) in [6.07, 6.45) is 0.833. The second kappa shape index (κ2) is 12.9. The summed E-state index contributed by atoms with van der Waals surface area (Å²) in [5.74, 6) is -1.04. The first-order valence-corrected chi connectivity index (χ1v) is 5.27. The molecule has 0 amide bonds. The van der Waals surface area contributed by atoms with Gasteiger partial charge in [0.15, 0.2) is 0 Å². The monoisotopic (exact) mass is 254 g/mol. The van der Waals surface area contributed by atoms with Crippen LogP contribution in [-0.2, 0) is 14.3 Å². The minimum atomic E-state index is -0.833. The Morgan fingerprint density at radius 3 is 1.83 bits per heavy atom. The van der Waals surface area contributed by atoms with E-state index < -0.39 is 5.97 Å². The number of carbonyl (C=O) groups is 3. The van der Waals surface area contributed by atoms with Gasteiger partial charge in [0.05, 0.1) is 6.61 Å². The van der Waals surface area contributed by atoms with Crippen LogP contribution in [0.4, 0.5) is 0 Å². The molecule has 0 radical (unpaired) electrons. The Bertz CT molecular complexity index is 342. The molecular weight excluding hydrogens is 236 g/mol. The summed E-state index contributed by atoms with van der Waals surface area (Å²) in [6, 6.07) is 9.10. The predicted octanol–water partition coefficient (Wildman–Crippen LogP) is 2.16. The van der Waals surface area contributed by atoms with Crippen LogP contribution < -0.4 is 0 Å². The summed E-state index contributed by atoms with van der Waals surface area (Å²) in [6.45, 7) is 4.74. The lowest BCUT2D eigenvalue weighted by atomic mass is 10.2. The summed E-state index contributed by atoms with van der Waals surface area (Å²) in [7, 11) is 0. The number of ether oxygens (including phenoxy) is 1. The molecule has 0 aliphatic carbocycles. The standard InChI is InChI=1S/C7H6O.C4H8O2.C2H4O2/c8-6-7-4-2-1-3-5-7;1-3-6-4(2)5;1-2(3)4/h1-6H;3H2,1-2H3;1H3,(H,3,4). The fraction of sp³-hybridized carbons (Fsp3) is 0.308. The molecule has 18 heavy (non-hydrogen) atoms. The maximum atomic E-state index is 10.0. The normalized spacial score (nSPS) is 7.72. The predicted molar refractivity (Wildman–Crippen MR) is 67.4 cm³/mol. The van der Waals surface area contributed by atoms with E-state index in [-0.39, 0.29) is 5.97 Å². The topological polar surface area (TPSA) is 80.7 Å². The Morgan fingerprint density at radius 1 is 1.22 bits per heavy atom. The number of benzene rings is 1. The van der Waals surface area contributed by atoms with Gasteiger partial charge in [0.25, 0.3) is 5.97 Å². The van der Waals surface area contributed by atoms with Crippen LogP contribution >= 0.6 is 0 Å². The lowest BCUT2D eigenvalue weighted by Crippen LogP contribution is -1.95. The van der Waals surface area contributed by atoms with Gasteiger partial charge >= 0.3 is 5.97 Å². The summed E-state index contributed by atoms with van der Waals surface area (Å²) < 4.78 is 4.40. The third kappa shape index (κ3) is 19.4. The van der Waals surface area contributed by atoms with Crippen molar-refractivity contribution in [2.45, 2.75) is 20.8 Å². The molecule has 0 heterocycles. The summed E-state index contributed by atoms with van der Waals surface area (Å²) in [4.78, 5) is 28.8. The third-order valence-corrected chi connectivity index (χ3v) is 1.28. The third-order valence-electron chi connectivity index (χ3n) is 1.28. The van der Waals surface area contributed by atoms with Crippen molar-refractivity contribution in [2.24, 2.45) is 0 Å². The maximum absolute atomic E-state index is 10.0. The molecule has 0 atom stereocenters. The van der Waals surface area contributed by atoms with Crippen LogP contribution in [0.25, 0.3) is 0 Å². The summed E-state index contributed by atoms with van der Waals surface area (Å²) >= 11 is 0. The average molecular weight is 254 g/mol. The van der Waals surface area contributed by atoms with Crippen molar-refractivity contribution in [3.63, 3.8) is 0 Å². The van der Waals surface area contributed by atoms with Crippen molar-refractivity contribution in [3.8, 4) is 0 Å². The zero-order chi connectivity index (χ0) is 14.4. The number of esters is 1. The molecule has 0 unspecified atom stereocenters. The number of carboxylic acids is 1. The van der Waals surface area contributed by atoms with E-state index in [9.17, 15) is 9.59 Å². The molecule has 0 bridgehead atoms. The Kier molecular flexibility index (Phi) is 13.0. The van der Waals surface area contributed by atoms with Crippen molar-refractivity contribution < 1.29 is 24.2 Å². The summed E-state index contributed by atoms with van der Waals surface area (Å²) in [5, 5.41) is 7.42. The molecule has 1 rings (SSSR count). The number of rotatable bonds is 2. The van der Waals surface area contributed by atoms with Crippen molar-refractivity contribution in [1.29, 1.82) is 0 Å². The van der Waals surface area contributed by atoms with Crippen LogP contribution in [0.5, 0.6) is 0 Å². The van der Waals surface area contributed by atoms with E-state index in [1.165, 1.54) is 6.92 Å². The highest BCUT2D eigenvalue weighted by atomic mass is 16.5. The van der Waals surface area contributed by atoms with Gasteiger partial charge < -0.3 is 9.84 Å². The van der Waals surface area contributed by atoms with E-state index in [0.29, 0.717) is 6.61 Å². The van der Waals surface area contributed by atoms with Crippen molar-refractivity contribution in [1.82, 2.24) is 0 Å².